The Morgan fingerprint density at radius 2 is 2.05 bits per heavy atom. The summed E-state index contributed by atoms with van der Waals surface area (Å²) in [6, 6.07) is 9.96. The van der Waals surface area contributed by atoms with Gasteiger partial charge in [-0.2, -0.15) is 0 Å². The first-order valence-corrected chi connectivity index (χ1v) is 6.99. The third-order valence-corrected chi connectivity index (χ3v) is 3.85. The number of aromatic nitrogens is 3. The summed E-state index contributed by atoms with van der Waals surface area (Å²) in [5.41, 5.74) is 0.824. The number of pyridine rings is 1. The van der Waals surface area contributed by atoms with E-state index < -0.39 is 11.1 Å². The molecule has 0 fully saturated rings. The molecule has 0 saturated heterocycles. The van der Waals surface area contributed by atoms with Gasteiger partial charge in [0.1, 0.15) is 0 Å². The Kier molecular flexibility index (Phi) is 3.39. The van der Waals surface area contributed by atoms with Crippen molar-refractivity contribution in [2.75, 3.05) is 0 Å². The van der Waals surface area contributed by atoms with Gasteiger partial charge < -0.3 is 9.97 Å². The molecule has 0 aliphatic rings. The fourth-order valence-electron chi connectivity index (χ4n) is 1.86. The number of hydrogen-bond donors (Lipinski definition) is 2. The van der Waals surface area contributed by atoms with Gasteiger partial charge in [-0.15, -0.1) is 11.8 Å². The zero-order chi connectivity index (χ0) is 13.9. The van der Waals surface area contributed by atoms with Crippen molar-refractivity contribution in [1.29, 1.82) is 0 Å². The lowest BCUT2D eigenvalue weighted by atomic mass is 10.1. The van der Waals surface area contributed by atoms with Crippen LogP contribution in [0.4, 0.5) is 0 Å². The van der Waals surface area contributed by atoms with Gasteiger partial charge in [0, 0.05) is 23.5 Å². The molecule has 1 aromatic carbocycles. The topological polar surface area (TPSA) is 78.6 Å². The van der Waals surface area contributed by atoms with Gasteiger partial charge in [0.05, 0.1) is 10.5 Å². The molecule has 100 valence electrons. The van der Waals surface area contributed by atoms with E-state index in [0.29, 0.717) is 10.8 Å². The number of thioether (sulfide) groups is 1. The molecule has 0 radical (unpaired) electrons. The average Bonchev–Trinajstić information content (AvgIpc) is 2.48. The van der Waals surface area contributed by atoms with Gasteiger partial charge in [-0.3, -0.25) is 14.6 Å². The Bertz CT molecular complexity index is 870. The van der Waals surface area contributed by atoms with Crippen LogP contribution in [0.15, 0.2) is 57.3 Å². The molecule has 0 amide bonds. The zero-order valence-corrected chi connectivity index (χ0v) is 11.2. The molecule has 0 spiro atoms. The molecule has 2 heterocycles. The molecule has 0 aliphatic carbocycles. The fourth-order valence-corrected chi connectivity index (χ4v) is 2.66. The molecule has 0 saturated carbocycles. The molecule has 0 aliphatic heterocycles. The average molecular weight is 285 g/mol. The molecule has 5 nitrogen and oxygen atoms in total. The number of nitrogens with zero attached hydrogens (tertiary/aromatic N) is 1. The van der Waals surface area contributed by atoms with Gasteiger partial charge in [0.25, 0.3) is 0 Å². The first-order chi connectivity index (χ1) is 9.72. The summed E-state index contributed by atoms with van der Waals surface area (Å²) in [5.74, 6) is 0.701. The number of fused-ring (bicyclic) bond motifs is 1. The number of H-pyrrole nitrogens is 2. The summed E-state index contributed by atoms with van der Waals surface area (Å²) in [6.07, 6.45) is 3.28. The van der Waals surface area contributed by atoms with E-state index >= 15 is 0 Å². The van der Waals surface area contributed by atoms with Crippen molar-refractivity contribution in [3.63, 3.8) is 0 Å². The van der Waals surface area contributed by atoms with Crippen LogP contribution in [-0.4, -0.2) is 15.0 Å². The van der Waals surface area contributed by atoms with E-state index in [0.717, 1.165) is 16.5 Å². The molecular formula is C14H11N3O2S. The lowest BCUT2D eigenvalue weighted by molar-refractivity contribution is 0.971. The number of aromatic amines is 2. The standard InChI is InChI=1S/C14H11N3O2S/c18-13-14(19)17-12(7-16-13)20-8-9-3-4-11-10(6-9)2-1-5-15-11/h1-7H,8H2,(H,16,18)(H,17,19). The van der Waals surface area contributed by atoms with Gasteiger partial charge in [0.2, 0.25) is 0 Å². The Balaban J connectivity index is 1.81. The predicted octanol–water partition coefficient (Wildman–Crippen LogP) is 1.90. The summed E-state index contributed by atoms with van der Waals surface area (Å²) < 4.78 is 0. The van der Waals surface area contributed by atoms with E-state index in [9.17, 15) is 9.59 Å². The molecule has 2 aromatic heterocycles. The zero-order valence-electron chi connectivity index (χ0n) is 10.4. The second-order valence-corrected chi connectivity index (χ2v) is 5.27. The normalized spacial score (nSPS) is 10.8. The fraction of sp³-hybridized carbons (Fsp3) is 0.0714. The summed E-state index contributed by atoms with van der Waals surface area (Å²) in [4.78, 5) is 31.4. The smallest absolute Gasteiger partial charge is 0.314 e. The maximum absolute atomic E-state index is 11.2. The van der Waals surface area contributed by atoms with Gasteiger partial charge in [0.15, 0.2) is 0 Å². The largest absolute Gasteiger partial charge is 0.322 e. The van der Waals surface area contributed by atoms with Crippen molar-refractivity contribution in [3.8, 4) is 0 Å². The third-order valence-electron chi connectivity index (χ3n) is 2.84. The van der Waals surface area contributed by atoms with E-state index in [1.165, 1.54) is 18.0 Å². The monoisotopic (exact) mass is 285 g/mol. The van der Waals surface area contributed by atoms with Crippen molar-refractivity contribution in [2.24, 2.45) is 0 Å². The summed E-state index contributed by atoms with van der Waals surface area (Å²) in [5, 5.41) is 1.72. The van der Waals surface area contributed by atoms with Gasteiger partial charge in [-0.1, -0.05) is 12.1 Å². The van der Waals surface area contributed by atoms with Crippen LogP contribution in [0, 0.1) is 0 Å². The number of nitrogens with one attached hydrogen (secondary N) is 2. The SMILES string of the molecule is O=c1[nH]cc(SCc2ccc3ncccc3c2)[nH]c1=O. The predicted molar refractivity (Wildman–Crippen MR) is 79.0 cm³/mol. The van der Waals surface area contributed by atoms with Crippen molar-refractivity contribution in [2.45, 2.75) is 10.8 Å². The van der Waals surface area contributed by atoms with Crippen LogP contribution >= 0.6 is 11.8 Å². The minimum absolute atomic E-state index is 0.627. The van der Waals surface area contributed by atoms with E-state index in [1.54, 1.807) is 6.20 Å². The first-order valence-electron chi connectivity index (χ1n) is 6.01. The van der Waals surface area contributed by atoms with Crippen molar-refractivity contribution >= 4 is 22.7 Å². The maximum Gasteiger partial charge on any atom is 0.314 e. The Morgan fingerprint density at radius 1 is 1.15 bits per heavy atom. The molecular weight excluding hydrogens is 274 g/mol. The number of rotatable bonds is 3. The summed E-state index contributed by atoms with van der Waals surface area (Å²) in [7, 11) is 0. The molecule has 0 unspecified atom stereocenters. The molecule has 3 aromatic rings. The van der Waals surface area contributed by atoms with E-state index in [-0.39, 0.29) is 0 Å². The van der Waals surface area contributed by atoms with Gasteiger partial charge in [-0.25, -0.2) is 0 Å². The highest BCUT2D eigenvalue weighted by Gasteiger charge is 2.01. The van der Waals surface area contributed by atoms with Crippen LogP contribution in [0.2, 0.25) is 0 Å². The molecule has 20 heavy (non-hydrogen) atoms. The Labute approximate surface area is 118 Å². The van der Waals surface area contributed by atoms with E-state index in [2.05, 4.69) is 21.0 Å². The third kappa shape index (κ3) is 2.65. The summed E-state index contributed by atoms with van der Waals surface area (Å²) >= 11 is 1.46. The van der Waals surface area contributed by atoms with Crippen molar-refractivity contribution < 1.29 is 0 Å². The highest BCUT2D eigenvalue weighted by Crippen LogP contribution is 2.21. The van der Waals surface area contributed by atoms with Crippen LogP contribution in [0.25, 0.3) is 10.9 Å². The van der Waals surface area contributed by atoms with Crippen molar-refractivity contribution in [3.05, 3.63) is 69.0 Å². The Hall–Kier alpha value is -2.34. The summed E-state index contributed by atoms with van der Waals surface area (Å²) in [6.45, 7) is 0. The number of hydrogen-bond acceptors (Lipinski definition) is 4. The lowest BCUT2D eigenvalue weighted by Gasteiger charge is -2.03. The molecule has 2 N–H and O–H groups in total. The van der Waals surface area contributed by atoms with Crippen molar-refractivity contribution in [1.82, 2.24) is 15.0 Å². The molecule has 3 rings (SSSR count). The van der Waals surface area contributed by atoms with Crippen LogP contribution in [-0.2, 0) is 5.75 Å². The quantitative estimate of drug-likeness (QED) is 0.569. The second kappa shape index (κ2) is 5.34. The minimum atomic E-state index is -0.633. The van der Waals surface area contributed by atoms with Crippen LogP contribution in [0.1, 0.15) is 5.56 Å². The molecule has 6 heteroatoms. The minimum Gasteiger partial charge on any atom is -0.322 e. The highest BCUT2D eigenvalue weighted by atomic mass is 32.2. The second-order valence-electron chi connectivity index (χ2n) is 4.26. The number of benzene rings is 1. The first kappa shape index (κ1) is 12.7. The van der Waals surface area contributed by atoms with Crippen LogP contribution in [0.5, 0.6) is 0 Å². The van der Waals surface area contributed by atoms with Gasteiger partial charge in [-0.05, 0) is 23.8 Å². The van der Waals surface area contributed by atoms with Crippen LogP contribution in [0.3, 0.4) is 0 Å². The lowest BCUT2D eigenvalue weighted by Crippen LogP contribution is -2.28. The highest BCUT2D eigenvalue weighted by molar-refractivity contribution is 7.98. The molecule has 0 atom stereocenters. The molecule has 0 bridgehead atoms. The maximum atomic E-state index is 11.2. The van der Waals surface area contributed by atoms with Gasteiger partial charge >= 0.3 is 11.1 Å². The van der Waals surface area contributed by atoms with E-state index in [1.807, 2.05) is 24.3 Å². The van der Waals surface area contributed by atoms with E-state index in [4.69, 9.17) is 0 Å². The Morgan fingerprint density at radius 3 is 2.90 bits per heavy atom. The van der Waals surface area contributed by atoms with Crippen LogP contribution < -0.4 is 11.1 Å².